The van der Waals surface area contributed by atoms with Gasteiger partial charge in [0.15, 0.2) is 0 Å². The normalized spacial score (nSPS) is 26.3. The molecule has 0 bridgehead atoms. The van der Waals surface area contributed by atoms with Crippen molar-refractivity contribution in [1.29, 1.82) is 0 Å². The Kier molecular flexibility index (Phi) is 5.30. The SMILES string of the molecule is C=CC(=O)NC1CC(C(=O)N2CCOC[C@@H]2Cc2ccccc2)C1. The summed E-state index contributed by atoms with van der Waals surface area (Å²) in [6, 6.07) is 10.4. The van der Waals surface area contributed by atoms with E-state index in [1.807, 2.05) is 23.1 Å². The highest BCUT2D eigenvalue weighted by Crippen LogP contribution is 2.30. The van der Waals surface area contributed by atoms with E-state index >= 15 is 0 Å². The highest BCUT2D eigenvalue weighted by Gasteiger charge is 2.39. The van der Waals surface area contributed by atoms with Crippen LogP contribution in [0.25, 0.3) is 0 Å². The van der Waals surface area contributed by atoms with E-state index in [-0.39, 0.29) is 29.8 Å². The van der Waals surface area contributed by atoms with Crippen molar-refractivity contribution in [2.75, 3.05) is 19.8 Å². The van der Waals surface area contributed by atoms with Crippen molar-refractivity contribution < 1.29 is 14.3 Å². The van der Waals surface area contributed by atoms with Crippen LogP contribution in [-0.4, -0.2) is 48.6 Å². The summed E-state index contributed by atoms with van der Waals surface area (Å²) >= 11 is 0. The number of nitrogens with one attached hydrogen (secondary N) is 1. The van der Waals surface area contributed by atoms with E-state index in [4.69, 9.17) is 4.74 Å². The fourth-order valence-corrected chi connectivity index (χ4v) is 3.43. The standard InChI is InChI=1S/C19H24N2O3/c1-2-18(22)20-16-11-15(12-16)19(23)21-8-9-24-13-17(21)10-14-6-4-3-5-7-14/h2-7,15-17H,1,8-13H2,(H,20,22)/t15?,16?,17-/m0/s1. The molecule has 1 aromatic rings. The Bertz CT molecular complexity index is 596. The third-order valence-electron chi connectivity index (χ3n) is 4.84. The molecule has 0 unspecified atom stereocenters. The molecule has 5 nitrogen and oxygen atoms in total. The summed E-state index contributed by atoms with van der Waals surface area (Å²) in [7, 11) is 0. The van der Waals surface area contributed by atoms with Crippen LogP contribution in [0.4, 0.5) is 0 Å². The number of carbonyl (C=O) groups is 2. The summed E-state index contributed by atoms with van der Waals surface area (Å²) in [6.07, 6.45) is 3.52. The van der Waals surface area contributed by atoms with Gasteiger partial charge in [0.2, 0.25) is 11.8 Å². The predicted molar refractivity (Wildman–Crippen MR) is 91.3 cm³/mol. The lowest BCUT2D eigenvalue weighted by Crippen LogP contribution is -2.56. The zero-order valence-corrected chi connectivity index (χ0v) is 13.8. The summed E-state index contributed by atoms with van der Waals surface area (Å²) in [5, 5.41) is 2.85. The van der Waals surface area contributed by atoms with E-state index in [9.17, 15) is 9.59 Å². The molecule has 128 valence electrons. The molecular weight excluding hydrogens is 304 g/mol. The highest BCUT2D eigenvalue weighted by molar-refractivity contribution is 5.87. The van der Waals surface area contributed by atoms with Gasteiger partial charge in [-0.1, -0.05) is 36.9 Å². The topological polar surface area (TPSA) is 58.6 Å². The van der Waals surface area contributed by atoms with Crippen molar-refractivity contribution in [1.82, 2.24) is 10.2 Å². The Labute approximate surface area is 142 Å². The molecule has 1 aliphatic carbocycles. The number of morpholine rings is 1. The Hall–Kier alpha value is -2.14. The van der Waals surface area contributed by atoms with Gasteiger partial charge in [-0.2, -0.15) is 0 Å². The molecule has 2 fully saturated rings. The van der Waals surface area contributed by atoms with Crippen LogP contribution in [0.15, 0.2) is 43.0 Å². The van der Waals surface area contributed by atoms with Gasteiger partial charge in [0.05, 0.1) is 19.3 Å². The summed E-state index contributed by atoms with van der Waals surface area (Å²) < 4.78 is 5.59. The van der Waals surface area contributed by atoms with E-state index in [0.29, 0.717) is 32.6 Å². The molecular formula is C19H24N2O3. The molecule has 2 aliphatic rings. The average molecular weight is 328 g/mol. The Morgan fingerprint density at radius 2 is 2.04 bits per heavy atom. The molecule has 24 heavy (non-hydrogen) atoms. The Morgan fingerprint density at radius 3 is 2.75 bits per heavy atom. The number of hydrogen-bond donors (Lipinski definition) is 1. The minimum Gasteiger partial charge on any atom is -0.377 e. The van der Waals surface area contributed by atoms with Crippen molar-refractivity contribution in [3.63, 3.8) is 0 Å². The zero-order chi connectivity index (χ0) is 16.9. The number of rotatable bonds is 5. The van der Waals surface area contributed by atoms with Crippen LogP contribution in [-0.2, 0) is 20.7 Å². The molecule has 3 rings (SSSR count). The van der Waals surface area contributed by atoms with Crippen LogP contribution >= 0.6 is 0 Å². The fourth-order valence-electron chi connectivity index (χ4n) is 3.43. The molecule has 1 N–H and O–H groups in total. The van der Waals surface area contributed by atoms with Crippen LogP contribution in [0.2, 0.25) is 0 Å². The number of amides is 2. The van der Waals surface area contributed by atoms with E-state index in [0.717, 1.165) is 6.42 Å². The van der Waals surface area contributed by atoms with Crippen LogP contribution in [0.1, 0.15) is 18.4 Å². The molecule has 1 atom stereocenters. The Morgan fingerprint density at radius 1 is 1.29 bits per heavy atom. The van der Waals surface area contributed by atoms with Gasteiger partial charge in [-0.3, -0.25) is 9.59 Å². The van der Waals surface area contributed by atoms with Gasteiger partial charge in [0, 0.05) is 18.5 Å². The first-order chi connectivity index (χ1) is 11.7. The van der Waals surface area contributed by atoms with E-state index in [2.05, 4.69) is 24.0 Å². The summed E-state index contributed by atoms with van der Waals surface area (Å²) in [5.74, 6) is 0.0408. The number of ether oxygens (including phenoxy) is 1. The fraction of sp³-hybridized carbons (Fsp3) is 0.474. The van der Waals surface area contributed by atoms with Crippen molar-refractivity contribution >= 4 is 11.8 Å². The number of benzene rings is 1. The monoisotopic (exact) mass is 328 g/mol. The third kappa shape index (κ3) is 3.85. The average Bonchev–Trinajstić information content (AvgIpc) is 2.58. The van der Waals surface area contributed by atoms with Crippen LogP contribution in [0.5, 0.6) is 0 Å². The van der Waals surface area contributed by atoms with Gasteiger partial charge >= 0.3 is 0 Å². The lowest BCUT2D eigenvalue weighted by atomic mass is 9.79. The first-order valence-corrected chi connectivity index (χ1v) is 8.52. The van der Waals surface area contributed by atoms with Gasteiger partial charge in [0.25, 0.3) is 0 Å². The third-order valence-corrected chi connectivity index (χ3v) is 4.84. The van der Waals surface area contributed by atoms with Gasteiger partial charge in [-0.15, -0.1) is 0 Å². The number of nitrogens with zero attached hydrogens (tertiary/aromatic N) is 1. The molecule has 1 aliphatic heterocycles. The molecule has 1 saturated carbocycles. The maximum atomic E-state index is 12.8. The first kappa shape index (κ1) is 16.7. The Balaban J connectivity index is 1.56. The van der Waals surface area contributed by atoms with Gasteiger partial charge in [-0.05, 0) is 30.9 Å². The maximum absolute atomic E-state index is 12.8. The lowest BCUT2D eigenvalue weighted by Gasteiger charge is -2.42. The second-order valence-corrected chi connectivity index (χ2v) is 6.53. The molecule has 1 saturated heterocycles. The molecule has 1 heterocycles. The zero-order valence-electron chi connectivity index (χ0n) is 13.8. The van der Waals surface area contributed by atoms with E-state index in [1.54, 1.807) is 0 Å². The van der Waals surface area contributed by atoms with E-state index in [1.165, 1.54) is 11.6 Å². The predicted octanol–water partition coefficient (Wildman–Crippen LogP) is 1.54. The van der Waals surface area contributed by atoms with Crippen LogP contribution in [0.3, 0.4) is 0 Å². The smallest absolute Gasteiger partial charge is 0.243 e. The molecule has 1 aromatic carbocycles. The van der Waals surface area contributed by atoms with Crippen molar-refractivity contribution in [2.24, 2.45) is 5.92 Å². The molecule has 0 aromatic heterocycles. The van der Waals surface area contributed by atoms with Crippen molar-refractivity contribution in [3.05, 3.63) is 48.6 Å². The molecule has 0 spiro atoms. The minimum atomic E-state index is -0.167. The second-order valence-electron chi connectivity index (χ2n) is 6.53. The highest BCUT2D eigenvalue weighted by atomic mass is 16.5. The molecule has 5 heteroatoms. The summed E-state index contributed by atoms with van der Waals surface area (Å²) in [5.41, 5.74) is 1.22. The van der Waals surface area contributed by atoms with E-state index < -0.39 is 0 Å². The first-order valence-electron chi connectivity index (χ1n) is 8.52. The molecule has 0 radical (unpaired) electrons. The summed E-state index contributed by atoms with van der Waals surface area (Å²) in [4.78, 5) is 26.1. The molecule has 2 amide bonds. The quantitative estimate of drug-likeness (QED) is 0.834. The van der Waals surface area contributed by atoms with Crippen LogP contribution < -0.4 is 5.32 Å². The van der Waals surface area contributed by atoms with Crippen molar-refractivity contribution in [3.8, 4) is 0 Å². The van der Waals surface area contributed by atoms with Gasteiger partial charge < -0.3 is 15.0 Å². The number of carbonyl (C=O) groups excluding carboxylic acids is 2. The summed E-state index contributed by atoms with van der Waals surface area (Å²) in [6.45, 7) is 5.28. The lowest BCUT2D eigenvalue weighted by molar-refractivity contribution is -0.148. The van der Waals surface area contributed by atoms with Crippen molar-refractivity contribution in [2.45, 2.75) is 31.3 Å². The second kappa shape index (κ2) is 7.62. The number of hydrogen-bond acceptors (Lipinski definition) is 3. The van der Waals surface area contributed by atoms with Crippen LogP contribution in [0, 0.1) is 5.92 Å². The maximum Gasteiger partial charge on any atom is 0.243 e. The minimum absolute atomic E-state index is 0.0106. The van der Waals surface area contributed by atoms with Gasteiger partial charge in [-0.25, -0.2) is 0 Å². The van der Waals surface area contributed by atoms with Gasteiger partial charge in [0.1, 0.15) is 0 Å². The largest absolute Gasteiger partial charge is 0.377 e.